The molecule has 0 saturated carbocycles. The summed E-state index contributed by atoms with van der Waals surface area (Å²) in [6, 6.07) is 4.14. The monoisotopic (exact) mass is 249 g/mol. The maximum absolute atomic E-state index is 12.8. The highest BCUT2D eigenvalue weighted by atomic mass is 19.1. The van der Waals surface area contributed by atoms with E-state index in [-0.39, 0.29) is 11.6 Å². The van der Waals surface area contributed by atoms with Gasteiger partial charge in [0, 0.05) is 6.42 Å². The number of halogens is 1. The molecule has 0 aromatic carbocycles. The number of nitrogens with zero attached hydrogens (tertiary/aromatic N) is 3. The molecular weight excluding hydrogens is 237 g/mol. The number of pyridine rings is 1. The standard InChI is InChI=1S/C11H12FN5O/c1-2-4-9-14-10(17-16-9)11(18)15-8-6-3-5-7(12)13-8/h3,5-6H,2,4H2,1H3,(H,13,15,18)(H,14,16,17). The molecule has 0 aliphatic rings. The van der Waals surface area contributed by atoms with Crippen molar-refractivity contribution in [1.82, 2.24) is 20.2 Å². The van der Waals surface area contributed by atoms with Gasteiger partial charge in [-0.1, -0.05) is 13.0 Å². The van der Waals surface area contributed by atoms with Crippen LogP contribution < -0.4 is 5.32 Å². The second-order valence-corrected chi connectivity index (χ2v) is 3.66. The van der Waals surface area contributed by atoms with E-state index in [1.807, 2.05) is 6.92 Å². The van der Waals surface area contributed by atoms with Gasteiger partial charge in [-0.25, -0.2) is 9.97 Å². The Bertz CT molecular complexity index is 554. The molecule has 0 spiro atoms. The third-order valence-corrected chi connectivity index (χ3v) is 2.18. The summed E-state index contributed by atoms with van der Waals surface area (Å²) >= 11 is 0. The van der Waals surface area contributed by atoms with Crippen LogP contribution in [-0.4, -0.2) is 26.1 Å². The second-order valence-electron chi connectivity index (χ2n) is 3.66. The zero-order valence-corrected chi connectivity index (χ0v) is 9.77. The molecule has 0 radical (unpaired) electrons. The lowest BCUT2D eigenvalue weighted by molar-refractivity contribution is 0.101. The predicted octanol–water partition coefficient (Wildman–Crippen LogP) is 1.54. The van der Waals surface area contributed by atoms with Gasteiger partial charge in [-0.3, -0.25) is 9.89 Å². The van der Waals surface area contributed by atoms with E-state index >= 15 is 0 Å². The van der Waals surface area contributed by atoms with Crippen LogP contribution >= 0.6 is 0 Å². The fraction of sp³-hybridized carbons (Fsp3) is 0.273. The van der Waals surface area contributed by atoms with Crippen molar-refractivity contribution < 1.29 is 9.18 Å². The Hall–Kier alpha value is -2.31. The van der Waals surface area contributed by atoms with Crippen molar-refractivity contribution in [2.45, 2.75) is 19.8 Å². The van der Waals surface area contributed by atoms with Crippen molar-refractivity contribution in [3.05, 3.63) is 35.8 Å². The van der Waals surface area contributed by atoms with E-state index < -0.39 is 11.9 Å². The Balaban J connectivity index is 2.07. The fourth-order valence-electron chi connectivity index (χ4n) is 1.40. The Morgan fingerprint density at radius 1 is 1.44 bits per heavy atom. The first-order chi connectivity index (χ1) is 8.69. The summed E-state index contributed by atoms with van der Waals surface area (Å²) in [6.45, 7) is 2.00. The molecule has 0 unspecified atom stereocenters. The van der Waals surface area contributed by atoms with Gasteiger partial charge in [-0.15, -0.1) is 5.10 Å². The predicted molar refractivity (Wildman–Crippen MR) is 62.5 cm³/mol. The Morgan fingerprint density at radius 2 is 2.28 bits per heavy atom. The van der Waals surface area contributed by atoms with Crippen LogP contribution in [0.2, 0.25) is 0 Å². The van der Waals surface area contributed by atoms with E-state index in [1.54, 1.807) is 0 Å². The minimum Gasteiger partial charge on any atom is -0.304 e. The van der Waals surface area contributed by atoms with Gasteiger partial charge < -0.3 is 5.32 Å². The van der Waals surface area contributed by atoms with Gasteiger partial charge in [-0.05, 0) is 18.6 Å². The molecule has 7 heteroatoms. The van der Waals surface area contributed by atoms with Crippen molar-refractivity contribution in [1.29, 1.82) is 0 Å². The third kappa shape index (κ3) is 2.88. The highest BCUT2D eigenvalue weighted by Gasteiger charge is 2.13. The van der Waals surface area contributed by atoms with Crippen LogP contribution in [0.4, 0.5) is 10.2 Å². The number of anilines is 1. The number of hydrogen-bond donors (Lipinski definition) is 2. The normalized spacial score (nSPS) is 10.3. The summed E-state index contributed by atoms with van der Waals surface area (Å²) in [4.78, 5) is 19.3. The SMILES string of the molecule is CCCc1nc(C(=O)Nc2cccc(F)n2)n[nH]1. The van der Waals surface area contributed by atoms with E-state index in [1.165, 1.54) is 18.2 Å². The summed E-state index contributed by atoms with van der Waals surface area (Å²) < 4.78 is 12.8. The zero-order chi connectivity index (χ0) is 13.0. The summed E-state index contributed by atoms with van der Waals surface area (Å²) in [7, 11) is 0. The number of amides is 1. The van der Waals surface area contributed by atoms with Crippen LogP contribution in [0.1, 0.15) is 29.8 Å². The maximum Gasteiger partial charge on any atom is 0.296 e. The van der Waals surface area contributed by atoms with Gasteiger partial charge in [0.15, 0.2) is 0 Å². The van der Waals surface area contributed by atoms with Crippen molar-refractivity contribution >= 4 is 11.7 Å². The minimum absolute atomic E-state index is 0.0181. The van der Waals surface area contributed by atoms with Crippen LogP contribution in [0.3, 0.4) is 0 Å². The maximum atomic E-state index is 12.8. The number of carbonyl (C=O) groups excluding carboxylic acids is 1. The van der Waals surface area contributed by atoms with Crippen LogP contribution in [0.5, 0.6) is 0 Å². The van der Waals surface area contributed by atoms with E-state index in [0.717, 1.165) is 12.8 Å². The molecule has 6 nitrogen and oxygen atoms in total. The molecule has 0 fully saturated rings. The van der Waals surface area contributed by atoms with Crippen molar-refractivity contribution in [3.8, 4) is 0 Å². The minimum atomic E-state index is -0.658. The van der Waals surface area contributed by atoms with Crippen molar-refractivity contribution in [2.24, 2.45) is 0 Å². The van der Waals surface area contributed by atoms with Crippen molar-refractivity contribution in [2.75, 3.05) is 5.32 Å². The van der Waals surface area contributed by atoms with E-state index in [0.29, 0.717) is 5.82 Å². The molecule has 2 rings (SSSR count). The molecule has 0 aliphatic carbocycles. The van der Waals surface area contributed by atoms with Crippen molar-refractivity contribution in [3.63, 3.8) is 0 Å². The van der Waals surface area contributed by atoms with Crippen LogP contribution in [-0.2, 0) is 6.42 Å². The lowest BCUT2D eigenvalue weighted by atomic mass is 10.3. The largest absolute Gasteiger partial charge is 0.304 e. The molecule has 2 aromatic heterocycles. The molecule has 1 amide bonds. The smallest absolute Gasteiger partial charge is 0.296 e. The molecule has 0 saturated heterocycles. The van der Waals surface area contributed by atoms with Crippen LogP contribution in [0, 0.1) is 5.95 Å². The number of aromatic amines is 1. The summed E-state index contributed by atoms with van der Waals surface area (Å²) in [5.74, 6) is -0.387. The first kappa shape index (κ1) is 12.2. The van der Waals surface area contributed by atoms with Gasteiger partial charge in [0.25, 0.3) is 5.91 Å². The molecule has 2 heterocycles. The van der Waals surface area contributed by atoms with E-state index in [4.69, 9.17) is 0 Å². The van der Waals surface area contributed by atoms with Gasteiger partial charge >= 0.3 is 0 Å². The van der Waals surface area contributed by atoms with E-state index in [2.05, 4.69) is 25.5 Å². The Labute approximate surface area is 103 Å². The number of H-pyrrole nitrogens is 1. The Kier molecular flexibility index (Phi) is 3.61. The Morgan fingerprint density at radius 3 is 3.00 bits per heavy atom. The highest BCUT2D eigenvalue weighted by Crippen LogP contribution is 2.05. The highest BCUT2D eigenvalue weighted by molar-refractivity contribution is 6.00. The third-order valence-electron chi connectivity index (χ3n) is 2.18. The number of carbonyl (C=O) groups is 1. The zero-order valence-electron chi connectivity index (χ0n) is 9.77. The molecule has 0 aliphatic heterocycles. The first-order valence-electron chi connectivity index (χ1n) is 5.54. The second kappa shape index (κ2) is 5.35. The van der Waals surface area contributed by atoms with Gasteiger partial charge in [0.05, 0.1) is 0 Å². The molecule has 94 valence electrons. The summed E-state index contributed by atoms with van der Waals surface area (Å²) in [6.07, 6.45) is 1.63. The van der Waals surface area contributed by atoms with E-state index in [9.17, 15) is 9.18 Å². The molecule has 0 bridgehead atoms. The molecule has 2 aromatic rings. The number of aromatic nitrogens is 4. The lowest BCUT2D eigenvalue weighted by Crippen LogP contribution is -2.15. The van der Waals surface area contributed by atoms with Gasteiger partial charge in [-0.2, -0.15) is 4.39 Å². The van der Waals surface area contributed by atoms with Crippen LogP contribution in [0.15, 0.2) is 18.2 Å². The molecule has 0 atom stereocenters. The molecular formula is C11H12FN5O. The average molecular weight is 249 g/mol. The number of aryl methyl sites for hydroxylation is 1. The lowest BCUT2D eigenvalue weighted by Gasteiger charge is -2.00. The van der Waals surface area contributed by atoms with Crippen LogP contribution in [0.25, 0.3) is 0 Å². The van der Waals surface area contributed by atoms with Gasteiger partial charge in [0.2, 0.25) is 11.8 Å². The average Bonchev–Trinajstić information content (AvgIpc) is 2.78. The summed E-state index contributed by atoms with van der Waals surface area (Å²) in [5.41, 5.74) is 0. The number of hydrogen-bond acceptors (Lipinski definition) is 4. The number of nitrogens with one attached hydrogen (secondary N) is 2. The first-order valence-corrected chi connectivity index (χ1v) is 5.54. The summed E-state index contributed by atoms with van der Waals surface area (Å²) in [5, 5.41) is 8.87. The number of rotatable bonds is 4. The molecule has 2 N–H and O–H groups in total. The van der Waals surface area contributed by atoms with Gasteiger partial charge in [0.1, 0.15) is 11.6 Å². The molecule has 18 heavy (non-hydrogen) atoms. The fourth-order valence-corrected chi connectivity index (χ4v) is 1.40. The quantitative estimate of drug-likeness (QED) is 0.805. The topological polar surface area (TPSA) is 83.6 Å².